The van der Waals surface area contributed by atoms with Crippen molar-refractivity contribution in [1.82, 2.24) is 10.6 Å². The molecule has 2 N–H and O–H groups in total. The minimum atomic E-state index is -0.694. The van der Waals surface area contributed by atoms with Crippen LogP contribution in [0.2, 0.25) is 0 Å². The fourth-order valence-electron chi connectivity index (χ4n) is 0.930. The molecule has 3 heteroatoms. The van der Waals surface area contributed by atoms with E-state index in [4.69, 9.17) is 0 Å². The molecule has 0 unspecified atom stereocenters. The molecule has 0 aromatic rings. The molecule has 0 aromatic carbocycles. The van der Waals surface area contributed by atoms with E-state index in [0.29, 0.717) is 6.54 Å². The second kappa shape index (κ2) is 2.42. The monoisotopic (exact) mass is 118 g/mol. The van der Waals surface area contributed by atoms with E-state index in [1.165, 1.54) is 0 Å². The molecule has 0 aromatic heterocycles. The number of likely N-dealkylation sites (N-methyl/N-ethyl adjacent to an activating group) is 1. The Hall–Kier alpha value is -0.150. The van der Waals surface area contributed by atoms with E-state index in [0.717, 1.165) is 6.54 Å². The molecule has 1 heterocycles. The molecule has 0 aliphatic carbocycles. The van der Waals surface area contributed by atoms with Gasteiger partial charge in [-0.15, -0.1) is 0 Å². The highest BCUT2D eigenvalue weighted by atomic mass is 19.1. The SMILES string of the molecule is CN[C@@H]1CNC[C@H]1F. The third-order valence-electron chi connectivity index (χ3n) is 1.51. The van der Waals surface area contributed by atoms with E-state index in [-0.39, 0.29) is 6.04 Å². The van der Waals surface area contributed by atoms with Crippen LogP contribution in [0.15, 0.2) is 0 Å². The molecule has 0 spiro atoms. The Bertz CT molecular complexity index is 76.8. The topological polar surface area (TPSA) is 24.1 Å². The molecule has 48 valence electrons. The molecule has 1 aliphatic heterocycles. The van der Waals surface area contributed by atoms with Gasteiger partial charge in [0.2, 0.25) is 0 Å². The summed E-state index contributed by atoms with van der Waals surface area (Å²) in [6.07, 6.45) is -0.694. The van der Waals surface area contributed by atoms with E-state index >= 15 is 0 Å². The van der Waals surface area contributed by atoms with E-state index in [1.54, 1.807) is 7.05 Å². The van der Waals surface area contributed by atoms with Crippen LogP contribution in [0.4, 0.5) is 4.39 Å². The van der Waals surface area contributed by atoms with Crippen LogP contribution < -0.4 is 10.6 Å². The maximum absolute atomic E-state index is 12.5. The Kier molecular flexibility index (Phi) is 1.81. The van der Waals surface area contributed by atoms with Gasteiger partial charge in [-0.25, -0.2) is 4.39 Å². The van der Waals surface area contributed by atoms with Gasteiger partial charge >= 0.3 is 0 Å². The van der Waals surface area contributed by atoms with Crippen molar-refractivity contribution < 1.29 is 4.39 Å². The average molecular weight is 118 g/mol. The van der Waals surface area contributed by atoms with Crippen molar-refractivity contribution in [2.24, 2.45) is 0 Å². The highest BCUT2D eigenvalue weighted by Gasteiger charge is 2.24. The lowest BCUT2D eigenvalue weighted by atomic mass is 10.2. The van der Waals surface area contributed by atoms with Crippen molar-refractivity contribution in [2.45, 2.75) is 12.2 Å². The molecule has 0 amide bonds. The third-order valence-corrected chi connectivity index (χ3v) is 1.51. The molecule has 1 fully saturated rings. The molecule has 1 aliphatic rings. The van der Waals surface area contributed by atoms with Gasteiger partial charge in [0.15, 0.2) is 0 Å². The van der Waals surface area contributed by atoms with E-state index in [1.807, 2.05) is 0 Å². The lowest BCUT2D eigenvalue weighted by Crippen LogP contribution is -2.33. The second-order valence-corrected chi connectivity index (χ2v) is 2.07. The first-order chi connectivity index (χ1) is 3.84. The molecule has 8 heavy (non-hydrogen) atoms. The Labute approximate surface area is 48.5 Å². The number of hydrogen-bond acceptors (Lipinski definition) is 2. The average Bonchev–Trinajstić information content (AvgIpc) is 2.14. The molecule has 0 radical (unpaired) electrons. The summed E-state index contributed by atoms with van der Waals surface area (Å²) < 4.78 is 12.5. The smallest absolute Gasteiger partial charge is 0.129 e. The molecular weight excluding hydrogens is 107 g/mol. The molecule has 1 rings (SSSR count). The fourth-order valence-corrected chi connectivity index (χ4v) is 0.930. The van der Waals surface area contributed by atoms with Crippen LogP contribution in [0.25, 0.3) is 0 Å². The Morgan fingerprint density at radius 2 is 2.38 bits per heavy atom. The summed E-state index contributed by atoms with van der Waals surface area (Å²) in [6.45, 7) is 1.27. The van der Waals surface area contributed by atoms with Crippen molar-refractivity contribution in [3.8, 4) is 0 Å². The maximum atomic E-state index is 12.5. The predicted molar refractivity (Wildman–Crippen MR) is 30.6 cm³/mol. The van der Waals surface area contributed by atoms with Crippen LogP contribution in [-0.2, 0) is 0 Å². The van der Waals surface area contributed by atoms with Gasteiger partial charge in [-0.2, -0.15) is 0 Å². The van der Waals surface area contributed by atoms with Gasteiger partial charge in [-0.05, 0) is 7.05 Å². The van der Waals surface area contributed by atoms with Gasteiger partial charge in [0, 0.05) is 13.1 Å². The van der Waals surface area contributed by atoms with Gasteiger partial charge in [0.25, 0.3) is 0 Å². The first-order valence-corrected chi connectivity index (χ1v) is 2.86. The van der Waals surface area contributed by atoms with E-state index in [2.05, 4.69) is 10.6 Å². The van der Waals surface area contributed by atoms with Gasteiger partial charge in [0.05, 0.1) is 6.04 Å². The minimum absolute atomic E-state index is 0.0370. The van der Waals surface area contributed by atoms with Crippen LogP contribution in [0.1, 0.15) is 0 Å². The van der Waals surface area contributed by atoms with Crippen molar-refractivity contribution >= 4 is 0 Å². The van der Waals surface area contributed by atoms with Crippen LogP contribution in [0.5, 0.6) is 0 Å². The summed E-state index contributed by atoms with van der Waals surface area (Å²) in [6, 6.07) is 0.0370. The number of hydrogen-bond donors (Lipinski definition) is 2. The van der Waals surface area contributed by atoms with Crippen LogP contribution in [0, 0.1) is 0 Å². The lowest BCUT2D eigenvalue weighted by molar-refractivity contribution is 0.309. The summed E-state index contributed by atoms with van der Waals surface area (Å²) >= 11 is 0. The van der Waals surface area contributed by atoms with Crippen LogP contribution in [0.3, 0.4) is 0 Å². The second-order valence-electron chi connectivity index (χ2n) is 2.07. The quantitative estimate of drug-likeness (QED) is 0.485. The number of alkyl halides is 1. The first-order valence-electron chi connectivity index (χ1n) is 2.86. The number of rotatable bonds is 1. The molecule has 0 bridgehead atoms. The summed E-state index contributed by atoms with van der Waals surface area (Å²) in [5.41, 5.74) is 0. The highest BCUT2D eigenvalue weighted by molar-refractivity contribution is 4.85. The molecular formula is C5H11FN2. The predicted octanol–water partition coefficient (Wildman–Crippen LogP) is -0.484. The molecule has 2 atom stereocenters. The molecule has 0 saturated carbocycles. The van der Waals surface area contributed by atoms with Gasteiger partial charge in [-0.3, -0.25) is 0 Å². The fraction of sp³-hybridized carbons (Fsp3) is 1.00. The van der Waals surface area contributed by atoms with E-state index < -0.39 is 6.17 Å². The number of halogens is 1. The van der Waals surface area contributed by atoms with Gasteiger partial charge < -0.3 is 10.6 Å². The van der Waals surface area contributed by atoms with Gasteiger partial charge in [-0.1, -0.05) is 0 Å². The Morgan fingerprint density at radius 1 is 1.62 bits per heavy atom. The zero-order chi connectivity index (χ0) is 5.98. The van der Waals surface area contributed by atoms with Crippen molar-refractivity contribution in [3.05, 3.63) is 0 Å². The minimum Gasteiger partial charge on any atom is -0.313 e. The summed E-state index contributed by atoms with van der Waals surface area (Å²) in [7, 11) is 1.78. The van der Waals surface area contributed by atoms with Crippen LogP contribution >= 0.6 is 0 Å². The lowest BCUT2D eigenvalue weighted by Gasteiger charge is -2.07. The Balaban J connectivity index is 2.30. The van der Waals surface area contributed by atoms with Crippen molar-refractivity contribution in [1.29, 1.82) is 0 Å². The number of nitrogens with one attached hydrogen (secondary N) is 2. The highest BCUT2D eigenvalue weighted by Crippen LogP contribution is 2.01. The largest absolute Gasteiger partial charge is 0.313 e. The third kappa shape index (κ3) is 0.980. The first kappa shape index (κ1) is 5.98. The maximum Gasteiger partial charge on any atom is 0.129 e. The van der Waals surface area contributed by atoms with Crippen LogP contribution in [-0.4, -0.2) is 32.4 Å². The molecule has 1 saturated heterocycles. The van der Waals surface area contributed by atoms with E-state index in [9.17, 15) is 4.39 Å². The molecule has 2 nitrogen and oxygen atoms in total. The normalized spacial score (nSPS) is 38.2. The van der Waals surface area contributed by atoms with Crippen molar-refractivity contribution in [2.75, 3.05) is 20.1 Å². The zero-order valence-electron chi connectivity index (χ0n) is 4.95. The standard InChI is InChI=1S/C5H11FN2/c1-7-5-3-8-2-4(5)6/h4-5,7-8H,2-3H2,1H3/t4-,5-/m1/s1. The summed E-state index contributed by atoms with van der Waals surface area (Å²) in [5, 5.41) is 5.81. The van der Waals surface area contributed by atoms with Gasteiger partial charge in [0.1, 0.15) is 6.17 Å². The summed E-state index contributed by atoms with van der Waals surface area (Å²) in [4.78, 5) is 0. The van der Waals surface area contributed by atoms with Crippen molar-refractivity contribution in [3.63, 3.8) is 0 Å². The summed E-state index contributed by atoms with van der Waals surface area (Å²) in [5.74, 6) is 0. The Morgan fingerprint density at radius 3 is 2.62 bits per heavy atom. The zero-order valence-corrected chi connectivity index (χ0v) is 4.95.